The molecule has 1 N–H and O–H groups in total. The Morgan fingerprint density at radius 2 is 0.755 bits per heavy atom. The maximum atomic E-state index is 10.4. The number of halogens is 2. The maximum absolute atomic E-state index is 10.4. The summed E-state index contributed by atoms with van der Waals surface area (Å²) >= 11 is 0. The van der Waals surface area contributed by atoms with Gasteiger partial charge in [0.1, 0.15) is 0 Å². The summed E-state index contributed by atoms with van der Waals surface area (Å²) in [5.41, 5.74) is 16.3. The van der Waals surface area contributed by atoms with Gasteiger partial charge in [0.05, 0.1) is 81.1 Å². The number of aromatic hydroxyl groups is 1. The van der Waals surface area contributed by atoms with Crippen molar-refractivity contribution in [1.82, 2.24) is 4.90 Å². The van der Waals surface area contributed by atoms with Gasteiger partial charge in [-0.25, -0.2) is 0 Å². The average Bonchev–Trinajstić information content (AvgIpc) is 1.68. The Morgan fingerprint density at radius 3 is 1.16 bits per heavy atom. The number of fused-ring (bicyclic) bond motifs is 20. The lowest BCUT2D eigenvalue weighted by Crippen LogP contribution is -3.00. The second kappa shape index (κ2) is 34.5. The molecule has 3 aromatic heterocycles. The number of nitrogens with zero attached hydrogens (tertiary/aromatic N) is 4. The first-order valence-electron chi connectivity index (χ1n) is 36.3. The normalized spacial score (nSPS) is 14.7. The van der Waals surface area contributed by atoms with Gasteiger partial charge in [0.2, 0.25) is 44.3 Å². The highest BCUT2D eigenvalue weighted by Crippen LogP contribution is 2.49. The van der Waals surface area contributed by atoms with Gasteiger partial charge in [-0.3, -0.25) is 4.90 Å². The highest BCUT2D eigenvalue weighted by atomic mass is 35.5. The fourth-order valence-corrected chi connectivity index (χ4v) is 15.7. The number of benzene rings is 8. The summed E-state index contributed by atoms with van der Waals surface area (Å²) in [6.45, 7) is 17.9. The molecule has 11 aromatic rings. The number of phenolic OH excluding ortho intramolecular Hbond substituents is 1. The number of aryl methyl sites for hydroxylation is 6. The van der Waals surface area contributed by atoms with Crippen LogP contribution < -0.4 is 110 Å². The third kappa shape index (κ3) is 14.9. The van der Waals surface area contributed by atoms with E-state index in [1.165, 1.54) is 67.9 Å². The lowest BCUT2D eigenvalue weighted by molar-refractivity contribution is -0.686. The molecule has 8 aromatic carbocycles. The Labute approximate surface area is 658 Å². The highest BCUT2D eigenvalue weighted by Gasteiger charge is 2.37. The minimum atomic E-state index is 0. The molecule has 12 heterocycles. The van der Waals surface area contributed by atoms with Crippen LogP contribution >= 0.6 is 0 Å². The summed E-state index contributed by atoms with van der Waals surface area (Å²) < 4.78 is 90.6. The van der Waals surface area contributed by atoms with Gasteiger partial charge in [-0.15, -0.1) is 0 Å². The minimum Gasteiger partial charge on any atom is -1.00 e. The zero-order valence-electron chi connectivity index (χ0n) is 61.6. The van der Waals surface area contributed by atoms with E-state index in [2.05, 4.69) is 130 Å². The highest BCUT2D eigenvalue weighted by molar-refractivity contribution is 5.94. The Hall–Kier alpha value is -10.7. The fraction of sp³-hybridized carbons (Fsp3) is 0.352. The molecule has 582 valence electrons. The summed E-state index contributed by atoms with van der Waals surface area (Å²) in [5, 5.41) is 16.6. The number of aromatic nitrogens is 3. The monoisotopic (exact) mass is 1540 g/mol. The maximum Gasteiger partial charge on any atom is 0.231 e. The lowest BCUT2D eigenvalue weighted by Gasteiger charge is -2.42. The molecule has 0 radical (unpaired) electrons. The van der Waals surface area contributed by atoms with Crippen LogP contribution in [0.2, 0.25) is 0 Å². The van der Waals surface area contributed by atoms with Crippen molar-refractivity contribution in [2.24, 2.45) is 0 Å². The van der Waals surface area contributed by atoms with Crippen molar-refractivity contribution in [3.8, 4) is 126 Å². The second-order valence-corrected chi connectivity index (χ2v) is 26.8. The Bertz CT molecular complexity index is 5070. The van der Waals surface area contributed by atoms with Crippen molar-refractivity contribution >= 4 is 32.3 Å². The quantitative estimate of drug-likeness (QED) is 0.128. The Morgan fingerprint density at radius 1 is 0.409 bits per heavy atom. The van der Waals surface area contributed by atoms with Crippen molar-refractivity contribution in [3.63, 3.8) is 0 Å². The predicted molar refractivity (Wildman–Crippen MR) is 417 cm³/mol. The molecular formula is C88H101Cl2N4O16+. The zero-order valence-corrected chi connectivity index (χ0v) is 63.1. The van der Waals surface area contributed by atoms with E-state index in [-0.39, 0.29) is 61.1 Å². The molecule has 9 aliphatic rings. The van der Waals surface area contributed by atoms with E-state index in [9.17, 15) is 5.11 Å². The third-order valence-corrected chi connectivity index (χ3v) is 20.7. The molecule has 20 rings (SSSR count). The fourth-order valence-electron chi connectivity index (χ4n) is 15.7. The number of ether oxygens (including phenoxy) is 15. The topological polar surface area (TPSA) is 174 Å². The molecule has 1 unspecified atom stereocenters. The van der Waals surface area contributed by atoms with E-state index >= 15 is 0 Å². The van der Waals surface area contributed by atoms with E-state index in [0.29, 0.717) is 52.0 Å². The predicted octanol–water partition coefficient (Wildman–Crippen LogP) is 10.8. The molecule has 9 aliphatic heterocycles. The standard InChI is InChI=1S/C21H23NO4.2C21H20NO4.C19H15NO4.C3H8.3CH4.2ClH.H2/c3*1-3-24-21-16-11-22-7-6-14-9-19-20(26-12-25-19)10-15(14)17(22)8-13(16)4-5-18(21)23-2;1-22-16-3-2-11-6-15-13-8-18-17(23-10-24-18)7-12(13)4-5-20(15)9-14(11)19(16)21;1-3-2;;;;;;/h4-5,9-10,17H,3,6-8,11-12H2,1-2H3;2*4-5,8-11H,3,6-7,12H2,1-2H3;2-3,6-9H,4-5,10H2,1H3;3H2,1-2H3;3*1H4;3*1H/q;2*+1;;;;;;;;/p-1/i;;;;;;;;;;1+1. The van der Waals surface area contributed by atoms with Gasteiger partial charge >= 0.3 is 0 Å². The van der Waals surface area contributed by atoms with Gasteiger partial charge in [-0.2, -0.15) is 13.7 Å². The van der Waals surface area contributed by atoms with Crippen molar-refractivity contribution in [2.45, 2.75) is 128 Å². The molecule has 22 heteroatoms. The first-order valence-corrected chi connectivity index (χ1v) is 36.3. The number of phenols is 1. The SMILES string of the molecule is C.C.C.CCC.CCOc1c(OC)ccc2c1CN1CCc3cc4c(cc3C1C2)OCO4.CCOc1c(OC)ccc2cc3[n+](cc12)CCc1cc2c(cc1-3)OCO2.CCOc1c(OC)ccc2cc3[n+](cc12)CCc1cc2c(cc1-3)OCO2.COc1ccc2cc3[n+](cc2c1O)CCc1cc2c(cc1-3)OCO2.[2HH].[Cl-].[Cl-]. The van der Waals surface area contributed by atoms with Crippen LogP contribution in [0.3, 0.4) is 0 Å². The van der Waals surface area contributed by atoms with Crippen LogP contribution in [0.5, 0.6) is 92.0 Å². The van der Waals surface area contributed by atoms with Crippen LogP contribution in [-0.4, -0.2) is 92.0 Å². The van der Waals surface area contributed by atoms with Crippen molar-refractivity contribution < 1.29 is 116 Å². The van der Waals surface area contributed by atoms with Crippen LogP contribution in [0.1, 0.15) is 110 Å². The van der Waals surface area contributed by atoms with E-state index in [4.69, 9.17) is 71.1 Å². The smallest absolute Gasteiger partial charge is 0.231 e. The molecular weight excluding hydrogens is 1440 g/mol. The number of methoxy groups -OCH3 is 4. The van der Waals surface area contributed by atoms with Crippen LogP contribution in [0, 0.1) is 0 Å². The van der Waals surface area contributed by atoms with Gasteiger partial charge in [0.15, 0.2) is 130 Å². The summed E-state index contributed by atoms with van der Waals surface area (Å²) in [7, 11) is 6.61. The van der Waals surface area contributed by atoms with Crippen LogP contribution in [0.15, 0.2) is 134 Å². The van der Waals surface area contributed by atoms with Crippen molar-refractivity contribution in [3.05, 3.63) is 173 Å². The summed E-state index contributed by atoms with van der Waals surface area (Å²) in [4.78, 5) is 2.55. The first kappa shape index (κ1) is 80.3. The molecule has 0 fully saturated rings. The van der Waals surface area contributed by atoms with Crippen molar-refractivity contribution in [2.75, 3.05) is 82.0 Å². The molecule has 0 aliphatic carbocycles. The first-order chi connectivity index (χ1) is 51.5. The zero-order chi connectivity index (χ0) is 72.0. The van der Waals surface area contributed by atoms with Gasteiger partial charge in [-0.05, 0) is 174 Å². The molecule has 0 amide bonds. The Balaban J connectivity index is 0.000000153. The van der Waals surface area contributed by atoms with Crippen LogP contribution in [0.4, 0.5) is 0 Å². The van der Waals surface area contributed by atoms with E-state index in [0.717, 1.165) is 189 Å². The molecule has 0 spiro atoms. The summed E-state index contributed by atoms with van der Waals surface area (Å²) in [6, 6.07) is 39.9. The second-order valence-electron chi connectivity index (χ2n) is 26.8. The number of hydrogen-bond acceptors (Lipinski definition) is 17. The molecule has 1 atom stereocenters. The summed E-state index contributed by atoms with van der Waals surface area (Å²) in [6.07, 6.45) is 12.4. The van der Waals surface area contributed by atoms with E-state index < -0.39 is 0 Å². The average molecular weight is 1540 g/mol. The largest absolute Gasteiger partial charge is 1.00 e. The van der Waals surface area contributed by atoms with Crippen LogP contribution in [-0.2, 0) is 58.3 Å². The third-order valence-electron chi connectivity index (χ3n) is 20.7. The van der Waals surface area contributed by atoms with Gasteiger partial charge in [0.25, 0.3) is 0 Å². The molecule has 20 nitrogen and oxygen atoms in total. The van der Waals surface area contributed by atoms with E-state index in [1.54, 1.807) is 34.5 Å². The molecule has 0 saturated heterocycles. The number of pyridine rings is 3. The Kier molecular flexibility index (Phi) is 25.2. The number of hydrogen-bond donors (Lipinski definition) is 1. The van der Waals surface area contributed by atoms with E-state index in [1.807, 2.05) is 51.2 Å². The van der Waals surface area contributed by atoms with Gasteiger partial charge in [0, 0.05) is 63.6 Å². The van der Waals surface area contributed by atoms with Crippen molar-refractivity contribution in [1.29, 1.82) is 0 Å². The molecule has 0 bridgehead atoms. The molecule has 110 heavy (non-hydrogen) atoms. The lowest BCUT2D eigenvalue weighted by atomic mass is 9.83. The van der Waals surface area contributed by atoms with Gasteiger partial charge < -0.3 is 101 Å². The minimum absolute atomic E-state index is 0. The molecule has 0 saturated carbocycles. The van der Waals surface area contributed by atoms with Gasteiger partial charge in [-0.1, -0.05) is 48.6 Å². The number of rotatable bonds is 10. The summed E-state index contributed by atoms with van der Waals surface area (Å²) in [5.74, 6) is 12.3. The van der Waals surface area contributed by atoms with Crippen LogP contribution in [0.25, 0.3) is 66.1 Å².